The monoisotopic (exact) mass is 163 g/mol. The van der Waals surface area contributed by atoms with E-state index in [0.717, 1.165) is 0 Å². The summed E-state index contributed by atoms with van der Waals surface area (Å²) in [6, 6.07) is 1.61. The molecule has 0 radical (unpaired) electrons. The third-order valence-electron chi connectivity index (χ3n) is 1.05. The van der Waals surface area contributed by atoms with Gasteiger partial charge >= 0.3 is 0 Å². The molecule has 1 atom stereocenters. The molecule has 0 aliphatic heterocycles. The molecule has 10 heavy (non-hydrogen) atoms. The first-order valence-electron chi connectivity index (χ1n) is 2.69. The van der Waals surface area contributed by atoms with Crippen molar-refractivity contribution in [2.45, 2.75) is 18.6 Å². The number of hydrazine groups is 1. The minimum Gasteiger partial charge on any atom is -0.258 e. The molecule has 5 nitrogen and oxygen atoms in total. The number of nitrogens with one attached hydrogen (secondary N) is 1. The van der Waals surface area contributed by atoms with Gasteiger partial charge in [-0.1, -0.05) is 6.92 Å². The third-order valence-corrected chi connectivity index (χ3v) is 2.57. The Morgan fingerprint density at radius 2 is 2.30 bits per heavy atom. The lowest BCUT2D eigenvalue weighted by Gasteiger charge is -2.04. The lowest BCUT2D eigenvalue weighted by Crippen LogP contribution is -2.37. The largest absolute Gasteiger partial charge is 0.258 e. The van der Waals surface area contributed by atoms with Crippen LogP contribution in [-0.4, -0.2) is 13.7 Å². The predicted molar refractivity (Wildman–Crippen MR) is 35.9 cm³/mol. The van der Waals surface area contributed by atoms with Gasteiger partial charge in [0.2, 0.25) is 10.0 Å². The fourth-order valence-corrected chi connectivity index (χ4v) is 1.20. The van der Waals surface area contributed by atoms with Crippen molar-refractivity contribution >= 4 is 10.0 Å². The van der Waals surface area contributed by atoms with Crippen LogP contribution in [0.3, 0.4) is 0 Å². The van der Waals surface area contributed by atoms with Crippen molar-refractivity contribution in [1.29, 1.82) is 5.26 Å². The molecule has 0 aromatic rings. The SMILES string of the molecule is CCC(C#N)S(=O)(=O)NN. The molecule has 3 N–H and O–H groups in total. The summed E-state index contributed by atoms with van der Waals surface area (Å²) >= 11 is 0. The summed E-state index contributed by atoms with van der Waals surface area (Å²) in [5.74, 6) is 4.67. The Morgan fingerprint density at radius 3 is 2.40 bits per heavy atom. The van der Waals surface area contributed by atoms with E-state index >= 15 is 0 Å². The average Bonchev–Trinajstić information content (AvgIpc) is 1.90. The lowest BCUT2D eigenvalue weighted by atomic mass is 10.4. The number of nitrogens with two attached hydrogens (primary N) is 1. The average molecular weight is 163 g/mol. The van der Waals surface area contributed by atoms with Crippen molar-refractivity contribution in [2.75, 3.05) is 0 Å². The zero-order valence-electron chi connectivity index (χ0n) is 5.53. The van der Waals surface area contributed by atoms with Gasteiger partial charge in [0.15, 0.2) is 5.25 Å². The minimum absolute atomic E-state index is 0.239. The van der Waals surface area contributed by atoms with Crippen LogP contribution in [0.4, 0.5) is 0 Å². The highest BCUT2D eigenvalue weighted by Gasteiger charge is 2.20. The number of rotatable bonds is 3. The van der Waals surface area contributed by atoms with Gasteiger partial charge in [-0.2, -0.15) is 10.1 Å². The summed E-state index contributed by atoms with van der Waals surface area (Å²) in [7, 11) is -3.59. The van der Waals surface area contributed by atoms with Crippen LogP contribution >= 0.6 is 0 Å². The summed E-state index contributed by atoms with van der Waals surface area (Å²) in [5.41, 5.74) is 0. The van der Waals surface area contributed by atoms with Gasteiger partial charge in [0.1, 0.15) is 0 Å². The standard InChI is InChI=1S/C4H9N3O2S/c1-2-4(3-5)10(8,9)7-6/h4,7H,2,6H2,1H3. The van der Waals surface area contributed by atoms with Gasteiger partial charge in [-0.15, -0.1) is 0 Å². The van der Waals surface area contributed by atoms with Gasteiger partial charge in [0.05, 0.1) is 6.07 Å². The molecule has 0 rings (SSSR count). The maximum atomic E-state index is 10.7. The number of nitrogens with zero attached hydrogens (tertiary/aromatic N) is 1. The molecular formula is C4H9N3O2S. The molecular weight excluding hydrogens is 154 g/mol. The van der Waals surface area contributed by atoms with Gasteiger partial charge < -0.3 is 0 Å². The Kier molecular flexibility index (Phi) is 3.28. The van der Waals surface area contributed by atoms with E-state index in [1.165, 1.54) is 0 Å². The molecule has 0 heterocycles. The summed E-state index contributed by atoms with van der Waals surface area (Å²) < 4.78 is 21.4. The summed E-state index contributed by atoms with van der Waals surface area (Å²) in [6.07, 6.45) is 0.239. The third kappa shape index (κ3) is 1.95. The van der Waals surface area contributed by atoms with E-state index in [1.54, 1.807) is 17.8 Å². The Bertz CT molecular complexity index is 227. The molecule has 0 saturated heterocycles. The quantitative estimate of drug-likeness (QED) is 0.415. The van der Waals surface area contributed by atoms with E-state index in [2.05, 4.69) is 5.84 Å². The molecule has 0 aromatic heterocycles. The lowest BCUT2D eigenvalue weighted by molar-refractivity contribution is 0.575. The Labute approximate surface area is 59.8 Å². The Morgan fingerprint density at radius 1 is 1.80 bits per heavy atom. The number of sulfonamides is 1. The molecule has 0 aromatic carbocycles. The highest BCUT2D eigenvalue weighted by molar-refractivity contribution is 7.90. The fourth-order valence-electron chi connectivity index (χ4n) is 0.462. The van der Waals surface area contributed by atoms with Crippen molar-refractivity contribution in [3.05, 3.63) is 0 Å². The van der Waals surface area contributed by atoms with Crippen LogP contribution in [-0.2, 0) is 10.0 Å². The van der Waals surface area contributed by atoms with Crippen LogP contribution in [0, 0.1) is 11.3 Å². The van der Waals surface area contributed by atoms with Crippen LogP contribution in [0.5, 0.6) is 0 Å². The zero-order chi connectivity index (χ0) is 8.20. The summed E-state index contributed by atoms with van der Waals surface area (Å²) in [4.78, 5) is 1.59. The molecule has 0 fully saturated rings. The first-order valence-corrected chi connectivity index (χ1v) is 4.24. The smallest absolute Gasteiger partial charge is 0.240 e. The molecule has 1 unspecified atom stereocenters. The predicted octanol–water partition coefficient (Wildman–Crippen LogP) is -0.918. The normalized spacial score (nSPS) is 14.1. The van der Waals surface area contributed by atoms with Crippen molar-refractivity contribution in [1.82, 2.24) is 4.83 Å². The fraction of sp³-hybridized carbons (Fsp3) is 0.750. The maximum Gasteiger partial charge on any atom is 0.240 e. The molecule has 0 bridgehead atoms. The molecule has 0 amide bonds. The van der Waals surface area contributed by atoms with Crippen LogP contribution in [0.1, 0.15) is 13.3 Å². The Balaban J connectivity index is 4.49. The second-order valence-electron chi connectivity index (χ2n) is 1.69. The van der Waals surface area contributed by atoms with Gasteiger partial charge in [-0.05, 0) is 6.42 Å². The van der Waals surface area contributed by atoms with Gasteiger partial charge in [-0.25, -0.2) is 8.42 Å². The van der Waals surface area contributed by atoms with Crippen molar-refractivity contribution in [2.24, 2.45) is 5.84 Å². The van der Waals surface area contributed by atoms with Crippen molar-refractivity contribution < 1.29 is 8.42 Å². The maximum absolute atomic E-state index is 10.7. The highest BCUT2D eigenvalue weighted by Crippen LogP contribution is 1.99. The molecule has 0 spiro atoms. The van der Waals surface area contributed by atoms with E-state index in [4.69, 9.17) is 5.26 Å². The number of hydrogen-bond donors (Lipinski definition) is 2. The van der Waals surface area contributed by atoms with E-state index in [-0.39, 0.29) is 6.42 Å². The molecule has 0 aliphatic rings. The Hall–Kier alpha value is -0.640. The molecule has 58 valence electrons. The van der Waals surface area contributed by atoms with E-state index < -0.39 is 15.3 Å². The number of hydrogen-bond acceptors (Lipinski definition) is 4. The first-order chi connectivity index (χ1) is 4.58. The minimum atomic E-state index is -3.59. The highest BCUT2D eigenvalue weighted by atomic mass is 32.2. The summed E-state index contributed by atoms with van der Waals surface area (Å²) in [5, 5.41) is 7.22. The second kappa shape index (κ2) is 3.51. The van der Waals surface area contributed by atoms with E-state index in [0.29, 0.717) is 0 Å². The van der Waals surface area contributed by atoms with Crippen LogP contribution in [0.15, 0.2) is 0 Å². The molecule has 0 aliphatic carbocycles. The zero-order valence-corrected chi connectivity index (χ0v) is 6.35. The van der Waals surface area contributed by atoms with Crippen LogP contribution in [0.2, 0.25) is 0 Å². The van der Waals surface area contributed by atoms with Crippen molar-refractivity contribution in [3.8, 4) is 6.07 Å². The summed E-state index contributed by atoms with van der Waals surface area (Å²) in [6.45, 7) is 1.60. The molecule has 0 saturated carbocycles. The van der Waals surface area contributed by atoms with Crippen molar-refractivity contribution in [3.63, 3.8) is 0 Å². The topological polar surface area (TPSA) is 96.0 Å². The van der Waals surface area contributed by atoms with Gasteiger partial charge in [-0.3, -0.25) is 5.84 Å². The number of nitriles is 1. The first kappa shape index (κ1) is 9.36. The van der Waals surface area contributed by atoms with Gasteiger partial charge in [0, 0.05) is 0 Å². The van der Waals surface area contributed by atoms with E-state index in [9.17, 15) is 8.42 Å². The molecule has 6 heteroatoms. The van der Waals surface area contributed by atoms with E-state index in [1.807, 2.05) is 0 Å². The van der Waals surface area contributed by atoms with Crippen LogP contribution < -0.4 is 10.7 Å². The second-order valence-corrected chi connectivity index (χ2v) is 3.58. The van der Waals surface area contributed by atoms with Gasteiger partial charge in [0.25, 0.3) is 0 Å². The van der Waals surface area contributed by atoms with Crippen LogP contribution in [0.25, 0.3) is 0 Å².